The molecular weight excluding hydrogens is 396 g/mol. The van der Waals surface area contributed by atoms with E-state index in [2.05, 4.69) is 18.2 Å². The summed E-state index contributed by atoms with van der Waals surface area (Å²) in [6.07, 6.45) is 5.87. The fourth-order valence-electron chi connectivity index (χ4n) is 3.40. The summed E-state index contributed by atoms with van der Waals surface area (Å²) in [4.78, 5) is 12.9. The van der Waals surface area contributed by atoms with Crippen LogP contribution in [0.5, 0.6) is 5.75 Å². The number of halogens is 1. The lowest BCUT2D eigenvalue weighted by Gasteiger charge is -2.19. The van der Waals surface area contributed by atoms with Crippen molar-refractivity contribution in [2.75, 3.05) is 0 Å². The van der Waals surface area contributed by atoms with Crippen LogP contribution in [0.2, 0.25) is 5.02 Å². The van der Waals surface area contributed by atoms with Gasteiger partial charge in [-0.15, -0.1) is 0 Å². The molecule has 3 aromatic rings. The van der Waals surface area contributed by atoms with Crippen LogP contribution in [0, 0.1) is 12.8 Å². The maximum atomic E-state index is 12.9. The van der Waals surface area contributed by atoms with Crippen LogP contribution < -0.4 is 4.74 Å². The van der Waals surface area contributed by atoms with Crippen molar-refractivity contribution in [2.24, 2.45) is 5.92 Å². The average Bonchev–Trinajstić information content (AvgIpc) is 3.06. The molecule has 2 aromatic carbocycles. The third kappa shape index (κ3) is 5.87. The Morgan fingerprint density at radius 1 is 1.10 bits per heavy atom. The summed E-state index contributed by atoms with van der Waals surface area (Å²) >= 11 is 5.98. The van der Waals surface area contributed by atoms with Gasteiger partial charge in [0.05, 0.1) is 5.92 Å². The van der Waals surface area contributed by atoms with Gasteiger partial charge in [-0.3, -0.25) is 4.79 Å². The van der Waals surface area contributed by atoms with Crippen molar-refractivity contribution in [1.82, 2.24) is 0 Å². The van der Waals surface area contributed by atoms with Gasteiger partial charge in [0.25, 0.3) is 0 Å². The van der Waals surface area contributed by atoms with Crippen LogP contribution in [-0.2, 0) is 11.2 Å². The molecule has 0 saturated heterocycles. The van der Waals surface area contributed by atoms with E-state index in [1.165, 1.54) is 5.56 Å². The van der Waals surface area contributed by atoms with Crippen LogP contribution in [0.4, 0.5) is 0 Å². The van der Waals surface area contributed by atoms with Crippen molar-refractivity contribution in [3.8, 4) is 5.75 Å². The van der Waals surface area contributed by atoms with Crippen LogP contribution >= 0.6 is 11.6 Å². The number of rotatable bonds is 8. The van der Waals surface area contributed by atoms with Crippen molar-refractivity contribution in [1.29, 1.82) is 0 Å². The van der Waals surface area contributed by atoms with E-state index >= 15 is 0 Å². The minimum atomic E-state index is -0.374. The third-order valence-electron chi connectivity index (χ3n) is 4.98. The minimum Gasteiger partial charge on any atom is -0.458 e. The lowest BCUT2D eigenvalue weighted by molar-refractivity contribution is -0.137. The van der Waals surface area contributed by atoms with Gasteiger partial charge in [-0.25, -0.2) is 0 Å². The molecule has 30 heavy (non-hydrogen) atoms. The van der Waals surface area contributed by atoms with Crippen LogP contribution in [0.1, 0.15) is 48.8 Å². The second-order valence-corrected chi connectivity index (χ2v) is 8.13. The number of hydrogen-bond donors (Lipinski definition) is 0. The first-order valence-corrected chi connectivity index (χ1v) is 10.6. The van der Waals surface area contributed by atoms with E-state index in [1.54, 1.807) is 25.1 Å². The predicted molar refractivity (Wildman–Crippen MR) is 122 cm³/mol. The average molecular weight is 423 g/mol. The number of aryl methyl sites for hydroxylation is 2. The van der Waals surface area contributed by atoms with Crippen molar-refractivity contribution in [2.45, 2.75) is 39.5 Å². The molecule has 0 aliphatic carbocycles. The standard InChI is InChI=1S/C26H27ClO3/c1-18(2)25(21-13-15-22(27)16-14-21)26(28)30-24-17-23(29-19(24)3)12-8-7-11-20-9-5-4-6-10-20/h4-6,8-10,12-18,25H,7,11H2,1-3H3. The first-order chi connectivity index (χ1) is 14.4. The van der Waals surface area contributed by atoms with E-state index in [1.807, 2.05) is 50.3 Å². The summed E-state index contributed by atoms with van der Waals surface area (Å²) in [5, 5.41) is 0.643. The quantitative estimate of drug-likeness (QED) is 0.359. The van der Waals surface area contributed by atoms with Crippen LogP contribution in [-0.4, -0.2) is 5.97 Å². The van der Waals surface area contributed by atoms with E-state index < -0.39 is 0 Å². The van der Waals surface area contributed by atoms with Gasteiger partial charge < -0.3 is 9.15 Å². The zero-order valence-corrected chi connectivity index (χ0v) is 18.4. The van der Waals surface area contributed by atoms with Gasteiger partial charge in [-0.05, 0) is 55.0 Å². The maximum Gasteiger partial charge on any atom is 0.319 e. The van der Waals surface area contributed by atoms with E-state index in [9.17, 15) is 4.79 Å². The number of esters is 1. The van der Waals surface area contributed by atoms with Crippen molar-refractivity contribution < 1.29 is 13.9 Å². The summed E-state index contributed by atoms with van der Waals surface area (Å²) in [5.74, 6) is 1.14. The Balaban J connectivity index is 1.64. The van der Waals surface area contributed by atoms with Gasteiger partial charge in [-0.1, -0.05) is 74.0 Å². The van der Waals surface area contributed by atoms with Crippen LogP contribution in [0.3, 0.4) is 0 Å². The summed E-state index contributed by atoms with van der Waals surface area (Å²) in [6, 6.07) is 19.4. The van der Waals surface area contributed by atoms with E-state index in [0.29, 0.717) is 22.3 Å². The maximum absolute atomic E-state index is 12.9. The number of furan rings is 1. The number of allylic oxidation sites excluding steroid dienone is 1. The molecule has 0 aliphatic heterocycles. The summed E-state index contributed by atoms with van der Waals surface area (Å²) < 4.78 is 11.5. The minimum absolute atomic E-state index is 0.0863. The number of ether oxygens (including phenoxy) is 1. The largest absolute Gasteiger partial charge is 0.458 e. The highest BCUT2D eigenvalue weighted by atomic mass is 35.5. The van der Waals surface area contributed by atoms with Gasteiger partial charge >= 0.3 is 5.97 Å². The van der Waals surface area contributed by atoms with Gasteiger partial charge in [0, 0.05) is 11.1 Å². The highest BCUT2D eigenvalue weighted by Crippen LogP contribution is 2.30. The number of benzene rings is 2. The van der Waals surface area contributed by atoms with Gasteiger partial charge in [-0.2, -0.15) is 0 Å². The first kappa shape index (κ1) is 21.9. The zero-order chi connectivity index (χ0) is 21.5. The fraction of sp³-hybridized carbons (Fsp3) is 0.269. The molecule has 0 saturated carbocycles. The van der Waals surface area contributed by atoms with Crippen molar-refractivity contribution in [3.05, 3.63) is 94.4 Å². The molecular formula is C26H27ClO3. The molecule has 0 spiro atoms. The monoisotopic (exact) mass is 422 g/mol. The highest BCUT2D eigenvalue weighted by Gasteiger charge is 2.27. The lowest BCUT2D eigenvalue weighted by atomic mass is 9.88. The topological polar surface area (TPSA) is 39.4 Å². The molecule has 0 aliphatic rings. The normalized spacial score (nSPS) is 12.4. The smallest absolute Gasteiger partial charge is 0.319 e. The highest BCUT2D eigenvalue weighted by molar-refractivity contribution is 6.30. The molecule has 1 heterocycles. The number of carbonyl (C=O) groups is 1. The summed E-state index contributed by atoms with van der Waals surface area (Å²) in [7, 11) is 0. The number of hydrogen-bond acceptors (Lipinski definition) is 3. The van der Waals surface area contributed by atoms with Gasteiger partial charge in [0.2, 0.25) is 0 Å². The second-order valence-electron chi connectivity index (χ2n) is 7.69. The summed E-state index contributed by atoms with van der Waals surface area (Å²) in [5.41, 5.74) is 2.19. The molecule has 0 radical (unpaired) electrons. The molecule has 0 N–H and O–H groups in total. The fourth-order valence-corrected chi connectivity index (χ4v) is 3.53. The Bertz CT molecular complexity index is 985. The van der Waals surface area contributed by atoms with Gasteiger partial charge in [0.1, 0.15) is 11.5 Å². The SMILES string of the molecule is Cc1oc(C=CCCc2ccccc2)cc1OC(=O)C(c1ccc(Cl)cc1)C(C)C. The van der Waals surface area contributed by atoms with Crippen LogP contribution in [0.15, 0.2) is 71.2 Å². The second kappa shape index (κ2) is 10.3. The summed E-state index contributed by atoms with van der Waals surface area (Å²) in [6.45, 7) is 5.81. The predicted octanol–water partition coefficient (Wildman–Crippen LogP) is 7.23. The molecule has 4 heteroatoms. The van der Waals surface area contributed by atoms with Crippen LogP contribution in [0.25, 0.3) is 6.08 Å². The van der Waals surface area contributed by atoms with Crippen molar-refractivity contribution in [3.63, 3.8) is 0 Å². The molecule has 0 amide bonds. The molecule has 156 valence electrons. The molecule has 1 unspecified atom stereocenters. The van der Waals surface area contributed by atoms with E-state index in [-0.39, 0.29) is 17.8 Å². The third-order valence-corrected chi connectivity index (χ3v) is 5.23. The Labute approximate surface area is 183 Å². The van der Waals surface area contributed by atoms with E-state index in [4.69, 9.17) is 20.8 Å². The lowest BCUT2D eigenvalue weighted by Crippen LogP contribution is -2.23. The molecule has 0 fully saturated rings. The molecule has 3 rings (SSSR count). The van der Waals surface area contributed by atoms with Gasteiger partial charge in [0.15, 0.2) is 5.75 Å². The van der Waals surface area contributed by atoms with Crippen molar-refractivity contribution >= 4 is 23.6 Å². The Hall–Kier alpha value is -2.78. The Morgan fingerprint density at radius 3 is 2.47 bits per heavy atom. The zero-order valence-electron chi connectivity index (χ0n) is 17.6. The number of carbonyl (C=O) groups excluding carboxylic acids is 1. The molecule has 0 bridgehead atoms. The van der Waals surface area contributed by atoms with E-state index in [0.717, 1.165) is 18.4 Å². The molecule has 1 aromatic heterocycles. The first-order valence-electron chi connectivity index (χ1n) is 10.2. The Kier molecular flexibility index (Phi) is 7.53. The molecule has 1 atom stereocenters. The molecule has 3 nitrogen and oxygen atoms in total. The Morgan fingerprint density at radius 2 is 1.80 bits per heavy atom.